The molecule has 2 N–H and O–H groups in total. The van der Waals surface area contributed by atoms with Gasteiger partial charge in [-0.15, -0.1) is 0 Å². The van der Waals surface area contributed by atoms with Gasteiger partial charge in [0.2, 0.25) is 0 Å². The van der Waals surface area contributed by atoms with Crippen LogP contribution in [0.15, 0.2) is 66.7 Å². The van der Waals surface area contributed by atoms with Crippen molar-refractivity contribution < 1.29 is 19.3 Å². The van der Waals surface area contributed by atoms with Gasteiger partial charge in [0.15, 0.2) is 6.54 Å². The van der Waals surface area contributed by atoms with E-state index in [0.717, 1.165) is 44.0 Å². The lowest BCUT2D eigenvalue weighted by Crippen LogP contribution is -3.28. The molecule has 0 atom stereocenters. The lowest BCUT2D eigenvalue weighted by molar-refractivity contribution is -1.02. The number of hydrogen-bond donors (Lipinski definition) is 2. The van der Waals surface area contributed by atoms with Gasteiger partial charge in [-0.05, 0) is 28.5 Å². The van der Waals surface area contributed by atoms with E-state index in [1.165, 1.54) is 21.2 Å². The quantitative estimate of drug-likeness (QED) is 0.594. The summed E-state index contributed by atoms with van der Waals surface area (Å²) in [6.07, 6.45) is 0. The molecule has 3 aromatic carbocycles. The molecule has 5 heteroatoms. The highest BCUT2D eigenvalue weighted by Gasteiger charge is 2.26. The van der Waals surface area contributed by atoms with Gasteiger partial charge in [0.05, 0.1) is 7.11 Å². The molecule has 1 heterocycles. The molecule has 0 radical (unpaired) electrons. The van der Waals surface area contributed by atoms with Crippen LogP contribution in [0.2, 0.25) is 0 Å². The van der Waals surface area contributed by atoms with Gasteiger partial charge in [-0.25, -0.2) is 0 Å². The van der Waals surface area contributed by atoms with Crippen molar-refractivity contribution in [3.05, 3.63) is 77.9 Å². The molecule has 0 aromatic heterocycles. The van der Waals surface area contributed by atoms with Crippen LogP contribution < -0.4 is 14.5 Å². The molecule has 0 aliphatic carbocycles. The Morgan fingerprint density at radius 1 is 0.935 bits per heavy atom. The smallest absolute Gasteiger partial charge is 0.277 e. The van der Waals surface area contributed by atoms with Crippen LogP contribution in [0.1, 0.15) is 11.1 Å². The van der Waals surface area contributed by atoms with Crippen molar-refractivity contribution in [2.24, 2.45) is 0 Å². The molecule has 1 aliphatic heterocycles. The number of piperazine rings is 1. The number of ether oxygens (including phenoxy) is 1. The fourth-order valence-corrected chi connectivity index (χ4v) is 4.51. The number of rotatable bonds is 7. The van der Waals surface area contributed by atoms with E-state index in [4.69, 9.17) is 4.74 Å². The predicted octanol–water partition coefficient (Wildman–Crippen LogP) is 0.790. The Morgan fingerprint density at radius 2 is 1.65 bits per heavy atom. The first-order valence-corrected chi connectivity index (χ1v) is 11.1. The average molecular weight is 420 g/mol. The van der Waals surface area contributed by atoms with Crippen molar-refractivity contribution >= 4 is 16.7 Å². The van der Waals surface area contributed by atoms with Crippen molar-refractivity contribution in [3.8, 4) is 5.75 Å². The highest BCUT2D eigenvalue weighted by molar-refractivity contribution is 5.85. The summed E-state index contributed by atoms with van der Waals surface area (Å²) in [5.41, 5.74) is 2.51. The number of likely N-dealkylation sites (N-methyl/N-ethyl adjacent to an activating group) is 1. The van der Waals surface area contributed by atoms with Crippen molar-refractivity contribution in [1.29, 1.82) is 0 Å². The molecule has 162 valence electrons. The highest BCUT2D eigenvalue weighted by Crippen LogP contribution is 2.17. The van der Waals surface area contributed by atoms with Gasteiger partial charge in [0, 0.05) is 19.2 Å². The number of fused-ring (bicyclic) bond motifs is 1. The fourth-order valence-electron chi connectivity index (χ4n) is 4.51. The number of carbonyl (C=O) groups is 1. The third-order valence-corrected chi connectivity index (χ3v) is 6.37. The van der Waals surface area contributed by atoms with E-state index in [9.17, 15) is 4.79 Å². The maximum atomic E-state index is 12.8. The average Bonchev–Trinajstić information content (AvgIpc) is 2.80. The third-order valence-electron chi connectivity index (χ3n) is 6.37. The second kappa shape index (κ2) is 9.94. The zero-order chi connectivity index (χ0) is 21.6. The third kappa shape index (κ3) is 5.43. The van der Waals surface area contributed by atoms with E-state index in [1.807, 2.05) is 36.2 Å². The van der Waals surface area contributed by atoms with E-state index in [2.05, 4.69) is 42.5 Å². The zero-order valence-corrected chi connectivity index (χ0v) is 18.6. The molecule has 0 spiro atoms. The van der Waals surface area contributed by atoms with Gasteiger partial charge in [-0.3, -0.25) is 4.79 Å². The molecule has 5 nitrogen and oxygen atoms in total. The summed E-state index contributed by atoms with van der Waals surface area (Å²) < 4.78 is 5.28. The predicted molar refractivity (Wildman–Crippen MR) is 123 cm³/mol. The Labute approximate surface area is 184 Å². The van der Waals surface area contributed by atoms with E-state index < -0.39 is 0 Å². The molecular formula is C26H33N3O2+2. The minimum Gasteiger partial charge on any atom is -0.497 e. The number of nitrogens with one attached hydrogen (secondary N) is 2. The maximum absolute atomic E-state index is 12.8. The molecule has 1 fully saturated rings. The molecule has 1 aliphatic rings. The van der Waals surface area contributed by atoms with Crippen molar-refractivity contribution in [2.75, 3.05) is 46.9 Å². The summed E-state index contributed by atoms with van der Waals surface area (Å²) in [7, 11) is 3.56. The van der Waals surface area contributed by atoms with Gasteiger partial charge in [0.25, 0.3) is 5.91 Å². The molecule has 3 aromatic rings. The second-order valence-corrected chi connectivity index (χ2v) is 8.59. The first-order chi connectivity index (χ1) is 15.1. The van der Waals surface area contributed by atoms with Crippen LogP contribution >= 0.6 is 0 Å². The SMILES string of the molecule is COc1cccc(CN(C)C(=O)C[NH+]2CC[NH+](Cc3cccc4ccccc34)CC2)c1. The van der Waals surface area contributed by atoms with Gasteiger partial charge in [0.1, 0.15) is 38.5 Å². The Hall–Kier alpha value is -2.89. The number of amides is 1. The molecule has 31 heavy (non-hydrogen) atoms. The Kier molecular flexibility index (Phi) is 6.85. The first kappa shape index (κ1) is 21.3. The van der Waals surface area contributed by atoms with Crippen LogP contribution in [-0.2, 0) is 17.9 Å². The number of carbonyl (C=O) groups excluding carboxylic acids is 1. The summed E-state index contributed by atoms with van der Waals surface area (Å²) in [5.74, 6) is 1.03. The van der Waals surface area contributed by atoms with E-state index in [-0.39, 0.29) is 5.91 Å². The maximum Gasteiger partial charge on any atom is 0.277 e. The molecule has 1 saturated heterocycles. The molecular weight excluding hydrogens is 386 g/mol. The van der Waals surface area contributed by atoms with Gasteiger partial charge >= 0.3 is 0 Å². The summed E-state index contributed by atoms with van der Waals surface area (Å²) in [6.45, 7) is 6.52. The fraction of sp³-hybridized carbons (Fsp3) is 0.346. The summed E-state index contributed by atoms with van der Waals surface area (Å²) in [5, 5.41) is 2.68. The molecule has 4 rings (SSSR count). The van der Waals surface area contributed by atoms with Crippen LogP contribution in [0.5, 0.6) is 5.75 Å². The molecule has 0 saturated carbocycles. The molecule has 0 bridgehead atoms. The minimum absolute atomic E-state index is 0.204. The van der Waals surface area contributed by atoms with Gasteiger partial charge in [-0.2, -0.15) is 0 Å². The van der Waals surface area contributed by atoms with Crippen LogP contribution in [0.4, 0.5) is 0 Å². The lowest BCUT2D eigenvalue weighted by Gasteiger charge is -2.30. The zero-order valence-electron chi connectivity index (χ0n) is 18.6. The monoisotopic (exact) mass is 419 g/mol. The van der Waals surface area contributed by atoms with E-state index in [0.29, 0.717) is 13.1 Å². The number of benzene rings is 3. The van der Waals surface area contributed by atoms with Crippen LogP contribution in [-0.4, -0.2) is 57.7 Å². The number of hydrogen-bond acceptors (Lipinski definition) is 2. The highest BCUT2D eigenvalue weighted by atomic mass is 16.5. The number of nitrogens with zero attached hydrogens (tertiary/aromatic N) is 1. The topological polar surface area (TPSA) is 38.4 Å². The van der Waals surface area contributed by atoms with Crippen LogP contribution in [0, 0.1) is 0 Å². The standard InChI is InChI=1S/C26H31N3O2/c1-27(18-21-7-5-11-24(17-21)31-2)26(30)20-29-15-13-28(14-16-29)19-23-10-6-9-22-8-3-4-12-25(22)23/h3-12,17H,13-16,18-20H2,1-2H3/p+2. The number of quaternary nitrogens is 2. The van der Waals surface area contributed by atoms with E-state index >= 15 is 0 Å². The van der Waals surface area contributed by atoms with Crippen LogP contribution in [0.3, 0.4) is 0 Å². The van der Waals surface area contributed by atoms with Crippen molar-refractivity contribution in [2.45, 2.75) is 13.1 Å². The Bertz CT molecular complexity index is 1020. The normalized spacial score (nSPS) is 18.6. The van der Waals surface area contributed by atoms with Crippen molar-refractivity contribution in [3.63, 3.8) is 0 Å². The van der Waals surface area contributed by atoms with Gasteiger partial charge < -0.3 is 19.4 Å². The summed E-state index contributed by atoms with van der Waals surface area (Å²) >= 11 is 0. The summed E-state index contributed by atoms with van der Waals surface area (Å²) in [6, 6.07) is 23.2. The number of methoxy groups -OCH3 is 1. The van der Waals surface area contributed by atoms with Gasteiger partial charge in [-0.1, -0.05) is 54.6 Å². The summed E-state index contributed by atoms with van der Waals surface area (Å²) in [4.78, 5) is 17.6. The minimum atomic E-state index is 0.204. The van der Waals surface area contributed by atoms with E-state index in [1.54, 1.807) is 12.0 Å². The lowest BCUT2D eigenvalue weighted by atomic mass is 10.0. The largest absolute Gasteiger partial charge is 0.497 e. The molecule has 0 unspecified atom stereocenters. The Balaban J connectivity index is 1.27. The molecule has 1 amide bonds. The van der Waals surface area contributed by atoms with Crippen molar-refractivity contribution in [1.82, 2.24) is 4.90 Å². The van der Waals surface area contributed by atoms with Crippen LogP contribution in [0.25, 0.3) is 10.8 Å². The second-order valence-electron chi connectivity index (χ2n) is 8.59. The Morgan fingerprint density at radius 3 is 2.45 bits per heavy atom. The first-order valence-electron chi connectivity index (χ1n) is 11.1.